The summed E-state index contributed by atoms with van der Waals surface area (Å²) in [5.74, 6) is -1.38. The first-order chi connectivity index (χ1) is 9.04. The van der Waals surface area contributed by atoms with E-state index in [9.17, 15) is 13.0 Å². The van der Waals surface area contributed by atoms with E-state index in [4.69, 9.17) is 0 Å². The van der Waals surface area contributed by atoms with Crippen LogP contribution >= 0.6 is 0 Å². The van der Waals surface area contributed by atoms with Crippen LogP contribution in [0.25, 0.3) is 0 Å². The maximum atomic E-state index is 13.7. The van der Waals surface area contributed by atoms with Gasteiger partial charge in [0.05, 0.1) is 20.9 Å². The van der Waals surface area contributed by atoms with Crippen LogP contribution in [-0.4, -0.2) is 22.5 Å². The Morgan fingerprint density at radius 2 is 2.00 bits per heavy atom. The fourth-order valence-corrected chi connectivity index (χ4v) is 3.87. The van der Waals surface area contributed by atoms with E-state index in [-0.39, 0.29) is 16.2 Å². The quantitative estimate of drug-likeness (QED) is 0.835. The maximum absolute atomic E-state index is 13.7. The summed E-state index contributed by atoms with van der Waals surface area (Å²) in [6.45, 7) is 3.99. The number of rotatable bonds is 7. The zero-order valence-corrected chi connectivity index (χ0v) is 12.4. The van der Waals surface area contributed by atoms with E-state index in [1.54, 1.807) is 0 Å². The van der Waals surface area contributed by atoms with Gasteiger partial charge in [-0.25, -0.2) is 8.78 Å². The van der Waals surface area contributed by atoms with Crippen molar-refractivity contribution in [3.05, 3.63) is 29.8 Å². The van der Waals surface area contributed by atoms with Gasteiger partial charge in [-0.3, -0.25) is 4.21 Å². The number of hydrogen-bond acceptors (Lipinski definition) is 2. The second kappa shape index (κ2) is 7.70. The molecule has 0 bridgehead atoms. The molecule has 0 aliphatic rings. The van der Waals surface area contributed by atoms with Crippen LogP contribution < -0.4 is 5.32 Å². The Bertz CT molecular complexity index is 439. The first kappa shape index (κ1) is 16.2. The molecule has 0 saturated carbocycles. The molecule has 3 unspecified atom stereocenters. The van der Waals surface area contributed by atoms with Crippen LogP contribution in [0.4, 0.5) is 8.78 Å². The molecule has 0 aliphatic carbocycles. The number of hydrogen-bond donors (Lipinski definition) is 1. The van der Waals surface area contributed by atoms with Gasteiger partial charge in [0.2, 0.25) is 0 Å². The Kier molecular flexibility index (Phi) is 6.58. The van der Waals surface area contributed by atoms with E-state index in [0.717, 1.165) is 25.0 Å². The average Bonchev–Trinajstić information content (AvgIpc) is 2.38. The third-order valence-electron chi connectivity index (χ3n) is 3.21. The molecular weight excluding hydrogens is 268 g/mol. The summed E-state index contributed by atoms with van der Waals surface area (Å²) >= 11 is 0. The normalized spacial score (nSPS) is 16.1. The minimum atomic E-state index is -1.48. The van der Waals surface area contributed by atoms with Crippen LogP contribution in [-0.2, 0) is 10.8 Å². The zero-order valence-electron chi connectivity index (χ0n) is 11.6. The van der Waals surface area contributed by atoms with Crippen LogP contribution in [0.15, 0.2) is 23.1 Å². The van der Waals surface area contributed by atoms with E-state index in [1.165, 1.54) is 6.07 Å². The summed E-state index contributed by atoms with van der Waals surface area (Å²) in [7, 11) is 0.344. The lowest BCUT2D eigenvalue weighted by molar-refractivity contribution is 0.479. The fourth-order valence-electron chi connectivity index (χ4n) is 2.21. The molecule has 0 fully saturated rings. The number of halogens is 2. The molecule has 3 atom stereocenters. The standard InChI is InChI=1S/C14H21F2NOS/c1-4-6-12(17-3)13(5-2)19(18)14-8-7-10(15)9-11(14)16/h7-9,12-13,17H,4-6H2,1-3H3. The van der Waals surface area contributed by atoms with Gasteiger partial charge in [0.25, 0.3) is 0 Å². The second-order valence-electron chi connectivity index (χ2n) is 4.50. The predicted octanol–water partition coefficient (Wildman–Crippen LogP) is 3.24. The molecule has 19 heavy (non-hydrogen) atoms. The smallest absolute Gasteiger partial charge is 0.142 e. The minimum absolute atomic E-state index is 0.0697. The summed E-state index contributed by atoms with van der Waals surface area (Å²) in [5, 5.41) is 2.97. The van der Waals surface area contributed by atoms with Crippen molar-refractivity contribution in [1.82, 2.24) is 5.32 Å². The van der Waals surface area contributed by atoms with Gasteiger partial charge in [-0.2, -0.15) is 0 Å². The number of nitrogens with one attached hydrogen (secondary N) is 1. The Morgan fingerprint density at radius 1 is 1.32 bits per heavy atom. The molecular formula is C14H21F2NOS. The topological polar surface area (TPSA) is 29.1 Å². The molecule has 1 rings (SSSR count). The van der Waals surface area contributed by atoms with Gasteiger partial charge < -0.3 is 5.32 Å². The molecule has 0 radical (unpaired) electrons. The summed E-state index contributed by atoms with van der Waals surface area (Å²) in [6, 6.07) is 3.29. The zero-order chi connectivity index (χ0) is 14.4. The van der Waals surface area contributed by atoms with Crippen molar-refractivity contribution in [1.29, 1.82) is 0 Å². The van der Waals surface area contributed by atoms with E-state index in [2.05, 4.69) is 12.2 Å². The van der Waals surface area contributed by atoms with Gasteiger partial charge in [0.1, 0.15) is 11.6 Å². The van der Waals surface area contributed by atoms with Crippen LogP contribution in [0, 0.1) is 11.6 Å². The van der Waals surface area contributed by atoms with E-state index >= 15 is 0 Å². The molecule has 0 aliphatic heterocycles. The van der Waals surface area contributed by atoms with Crippen LogP contribution in [0.1, 0.15) is 33.1 Å². The highest BCUT2D eigenvalue weighted by molar-refractivity contribution is 7.85. The van der Waals surface area contributed by atoms with Gasteiger partial charge in [-0.05, 0) is 32.0 Å². The molecule has 0 heterocycles. The van der Waals surface area contributed by atoms with Crippen molar-refractivity contribution in [2.75, 3.05) is 7.05 Å². The lowest BCUT2D eigenvalue weighted by Crippen LogP contribution is -2.40. The van der Waals surface area contributed by atoms with E-state index in [1.807, 2.05) is 14.0 Å². The highest BCUT2D eigenvalue weighted by Gasteiger charge is 2.26. The van der Waals surface area contributed by atoms with Gasteiger partial charge in [0.15, 0.2) is 0 Å². The van der Waals surface area contributed by atoms with Crippen molar-refractivity contribution in [3.8, 4) is 0 Å². The van der Waals surface area contributed by atoms with Crippen molar-refractivity contribution >= 4 is 10.8 Å². The lowest BCUT2D eigenvalue weighted by atomic mass is 10.1. The molecule has 0 amide bonds. The molecule has 108 valence electrons. The Labute approximate surface area is 116 Å². The second-order valence-corrected chi connectivity index (χ2v) is 6.14. The summed E-state index contributed by atoms with van der Waals surface area (Å²) in [6.07, 6.45) is 2.52. The van der Waals surface area contributed by atoms with Crippen LogP contribution in [0.5, 0.6) is 0 Å². The predicted molar refractivity (Wildman–Crippen MR) is 74.6 cm³/mol. The summed E-state index contributed by atoms with van der Waals surface area (Å²) < 4.78 is 39.1. The highest BCUT2D eigenvalue weighted by Crippen LogP contribution is 2.22. The van der Waals surface area contributed by atoms with Crippen LogP contribution in [0.2, 0.25) is 0 Å². The highest BCUT2D eigenvalue weighted by atomic mass is 32.2. The summed E-state index contributed by atoms with van der Waals surface area (Å²) in [5.41, 5.74) is 0. The van der Waals surface area contributed by atoms with E-state index < -0.39 is 22.4 Å². The molecule has 1 aromatic carbocycles. The van der Waals surface area contributed by atoms with E-state index in [0.29, 0.717) is 6.42 Å². The SMILES string of the molecule is CCCC(NC)C(CC)S(=O)c1ccc(F)cc1F. The first-order valence-corrected chi connectivity index (χ1v) is 7.79. The van der Waals surface area contributed by atoms with Crippen LogP contribution in [0.3, 0.4) is 0 Å². The molecule has 0 saturated heterocycles. The van der Waals surface area contributed by atoms with Gasteiger partial charge in [0, 0.05) is 12.1 Å². The molecule has 0 spiro atoms. The fraction of sp³-hybridized carbons (Fsp3) is 0.571. The van der Waals surface area contributed by atoms with Crippen molar-refractivity contribution < 1.29 is 13.0 Å². The molecule has 5 heteroatoms. The van der Waals surface area contributed by atoms with Crippen molar-refractivity contribution in [3.63, 3.8) is 0 Å². The monoisotopic (exact) mass is 289 g/mol. The average molecular weight is 289 g/mol. The molecule has 1 aromatic rings. The lowest BCUT2D eigenvalue weighted by Gasteiger charge is -2.25. The molecule has 2 nitrogen and oxygen atoms in total. The van der Waals surface area contributed by atoms with Gasteiger partial charge >= 0.3 is 0 Å². The third-order valence-corrected chi connectivity index (χ3v) is 5.18. The molecule has 1 N–H and O–H groups in total. The Balaban J connectivity index is 3.00. The first-order valence-electron chi connectivity index (χ1n) is 6.58. The Morgan fingerprint density at radius 3 is 2.47 bits per heavy atom. The maximum Gasteiger partial charge on any atom is 0.142 e. The third kappa shape index (κ3) is 4.08. The van der Waals surface area contributed by atoms with Crippen molar-refractivity contribution in [2.24, 2.45) is 0 Å². The Hall–Kier alpha value is -0.810. The summed E-state index contributed by atoms with van der Waals surface area (Å²) in [4.78, 5) is 0.0876. The molecule has 0 aromatic heterocycles. The van der Waals surface area contributed by atoms with Crippen molar-refractivity contribution in [2.45, 2.75) is 49.3 Å². The van der Waals surface area contributed by atoms with Gasteiger partial charge in [-0.1, -0.05) is 20.3 Å². The minimum Gasteiger partial charge on any atom is -0.316 e. The largest absolute Gasteiger partial charge is 0.316 e. The van der Waals surface area contributed by atoms with Gasteiger partial charge in [-0.15, -0.1) is 0 Å². The number of benzene rings is 1.